The van der Waals surface area contributed by atoms with Crippen molar-refractivity contribution in [3.8, 4) is 0 Å². The minimum Gasteiger partial charge on any atom is -0.326 e. The number of anilines is 1. The molecule has 0 saturated carbocycles. The molecule has 0 radical (unpaired) electrons. The number of rotatable bonds is 7. The molecule has 1 aliphatic carbocycles. The molecule has 1 aromatic carbocycles. The van der Waals surface area contributed by atoms with Crippen LogP contribution in [-0.2, 0) is 4.79 Å². The molecule has 120 valence electrons. The summed E-state index contributed by atoms with van der Waals surface area (Å²) in [5, 5.41) is 6.36. The second-order valence-corrected chi connectivity index (χ2v) is 6.22. The summed E-state index contributed by atoms with van der Waals surface area (Å²) < 4.78 is 0. The van der Waals surface area contributed by atoms with E-state index in [9.17, 15) is 4.79 Å². The zero-order valence-corrected chi connectivity index (χ0v) is 13.9. The van der Waals surface area contributed by atoms with Crippen LogP contribution in [-0.4, -0.2) is 19.0 Å². The minimum absolute atomic E-state index is 0.0799. The third-order valence-corrected chi connectivity index (χ3v) is 4.19. The van der Waals surface area contributed by atoms with Crippen molar-refractivity contribution in [2.24, 2.45) is 0 Å². The van der Waals surface area contributed by atoms with Crippen LogP contribution >= 0.6 is 0 Å². The lowest BCUT2D eigenvalue weighted by molar-refractivity contribution is -0.116. The number of carbonyl (C=O) groups excluding carboxylic acids is 1. The van der Waals surface area contributed by atoms with Crippen LogP contribution in [0.1, 0.15) is 49.7 Å². The van der Waals surface area contributed by atoms with Crippen LogP contribution in [0.2, 0.25) is 0 Å². The van der Waals surface area contributed by atoms with Crippen molar-refractivity contribution in [2.45, 2.75) is 52.4 Å². The van der Waals surface area contributed by atoms with Crippen LogP contribution in [0.25, 0.3) is 0 Å². The topological polar surface area (TPSA) is 41.1 Å². The molecule has 3 nitrogen and oxygen atoms in total. The molecule has 0 bridgehead atoms. The van der Waals surface area contributed by atoms with Crippen LogP contribution < -0.4 is 10.6 Å². The zero-order chi connectivity index (χ0) is 15.8. The van der Waals surface area contributed by atoms with Gasteiger partial charge in [-0.3, -0.25) is 4.79 Å². The Labute approximate surface area is 134 Å². The smallest absolute Gasteiger partial charge is 0.225 e. The van der Waals surface area contributed by atoms with E-state index in [4.69, 9.17) is 0 Å². The summed E-state index contributed by atoms with van der Waals surface area (Å²) >= 11 is 0. The third-order valence-electron chi connectivity index (χ3n) is 4.19. The van der Waals surface area contributed by atoms with Crippen molar-refractivity contribution in [1.82, 2.24) is 5.32 Å². The molecule has 0 fully saturated rings. The van der Waals surface area contributed by atoms with Gasteiger partial charge in [-0.05, 0) is 64.1 Å². The average molecular weight is 300 g/mol. The Morgan fingerprint density at radius 2 is 2.05 bits per heavy atom. The maximum absolute atomic E-state index is 12.0. The Morgan fingerprint density at radius 3 is 2.77 bits per heavy atom. The molecule has 0 heterocycles. The van der Waals surface area contributed by atoms with Gasteiger partial charge >= 0.3 is 0 Å². The highest BCUT2D eigenvalue weighted by molar-refractivity contribution is 5.91. The number of nitrogens with one attached hydrogen (secondary N) is 2. The predicted octanol–water partition coefficient (Wildman–Crippen LogP) is 4.11. The van der Waals surface area contributed by atoms with Crippen molar-refractivity contribution in [2.75, 3.05) is 18.4 Å². The highest BCUT2D eigenvalue weighted by Crippen LogP contribution is 2.19. The van der Waals surface area contributed by atoms with Gasteiger partial charge in [-0.25, -0.2) is 0 Å². The Kier molecular flexibility index (Phi) is 6.66. The van der Waals surface area contributed by atoms with E-state index < -0.39 is 0 Å². The monoisotopic (exact) mass is 300 g/mol. The first-order valence-corrected chi connectivity index (χ1v) is 8.41. The maximum Gasteiger partial charge on any atom is 0.225 e. The lowest BCUT2D eigenvalue weighted by atomic mass is 9.97. The molecular formula is C19H28N2O. The summed E-state index contributed by atoms with van der Waals surface area (Å²) in [5.74, 6) is 0.0799. The molecule has 0 aromatic heterocycles. The van der Waals surface area contributed by atoms with Gasteiger partial charge in [0.15, 0.2) is 0 Å². The van der Waals surface area contributed by atoms with Gasteiger partial charge in [0, 0.05) is 18.7 Å². The Morgan fingerprint density at radius 1 is 1.18 bits per heavy atom. The summed E-state index contributed by atoms with van der Waals surface area (Å²) in [6.07, 6.45) is 9.21. The summed E-state index contributed by atoms with van der Waals surface area (Å²) in [4.78, 5) is 12.0. The minimum atomic E-state index is 0.0799. The molecule has 0 aliphatic heterocycles. The number of amides is 1. The molecule has 0 saturated heterocycles. The normalized spacial score (nSPS) is 14.5. The van der Waals surface area contributed by atoms with Gasteiger partial charge in [0.05, 0.1) is 0 Å². The second-order valence-electron chi connectivity index (χ2n) is 6.22. The molecular weight excluding hydrogens is 272 g/mol. The molecule has 0 unspecified atom stereocenters. The van der Waals surface area contributed by atoms with Gasteiger partial charge < -0.3 is 10.6 Å². The standard InChI is InChI=1S/C19H28N2O/c1-15-8-9-18(16(2)14-15)21-19(22)11-13-20-12-10-17-6-4-3-5-7-17/h6,8-9,14,20H,3-5,7,10-13H2,1-2H3,(H,21,22). The van der Waals surface area contributed by atoms with Crippen LogP contribution in [0.5, 0.6) is 0 Å². The van der Waals surface area contributed by atoms with Gasteiger partial charge in [-0.2, -0.15) is 0 Å². The number of carbonyl (C=O) groups is 1. The third kappa shape index (κ3) is 5.64. The number of allylic oxidation sites excluding steroid dienone is 1. The second kappa shape index (κ2) is 8.74. The van der Waals surface area contributed by atoms with E-state index in [0.29, 0.717) is 6.42 Å². The predicted molar refractivity (Wildman–Crippen MR) is 93.2 cm³/mol. The largest absolute Gasteiger partial charge is 0.326 e. The Balaban J connectivity index is 1.62. The number of hydrogen-bond donors (Lipinski definition) is 2. The molecule has 1 amide bonds. The summed E-state index contributed by atoms with van der Waals surface area (Å²) in [6, 6.07) is 6.09. The van der Waals surface area contributed by atoms with E-state index in [-0.39, 0.29) is 5.91 Å². The highest BCUT2D eigenvalue weighted by atomic mass is 16.1. The summed E-state index contributed by atoms with van der Waals surface area (Å²) in [6.45, 7) is 5.80. The molecule has 1 aliphatic rings. The molecule has 0 spiro atoms. The van der Waals surface area contributed by atoms with Gasteiger partial charge in [-0.1, -0.05) is 29.3 Å². The van der Waals surface area contributed by atoms with E-state index in [1.807, 2.05) is 19.1 Å². The Hall–Kier alpha value is -1.61. The molecule has 2 rings (SSSR count). The average Bonchev–Trinajstić information content (AvgIpc) is 2.51. The fourth-order valence-corrected chi connectivity index (χ4v) is 2.87. The first-order chi connectivity index (χ1) is 10.6. The first-order valence-electron chi connectivity index (χ1n) is 8.41. The highest BCUT2D eigenvalue weighted by Gasteiger charge is 2.05. The van der Waals surface area contributed by atoms with E-state index in [0.717, 1.165) is 30.8 Å². The molecule has 2 N–H and O–H groups in total. The summed E-state index contributed by atoms with van der Waals surface area (Å²) in [5.41, 5.74) is 4.83. The van der Waals surface area contributed by atoms with Crippen molar-refractivity contribution in [3.63, 3.8) is 0 Å². The van der Waals surface area contributed by atoms with Gasteiger partial charge in [0.2, 0.25) is 5.91 Å². The van der Waals surface area contributed by atoms with Crippen molar-refractivity contribution >= 4 is 11.6 Å². The van der Waals surface area contributed by atoms with Crippen molar-refractivity contribution in [1.29, 1.82) is 0 Å². The van der Waals surface area contributed by atoms with Crippen molar-refractivity contribution in [3.05, 3.63) is 41.0 Å². The zero-order valence-electron chi connectivity index (χ0n) is 13.9. The van der Waals surface area contributed by atoms with Crippen LogP contribution in [0.4, 0.5) is 5.69 Å². The van der Waals surface area contributed by atoms with Crippen molar-refractivity contribution < 1.29 is 4.79 Å². The number of benzene rings is 1. The maximum atomic E-state index is 12.0. The van der Waals surface area contributed by atoms with Gasteiger partial charge in [0.1, 0.15) is 0 Å². The van der Waals surface area contributed by atoms with Crippen LogP contribution in [0.3, 0.4) is 0 Å². The van der Waals surface area contributed by atoms with Crippen LogP contribution in [0.15, 0.2) is 29.8 Å². The SMILES string of the molecule is Cc1ccc(NC(=O)CCNCCC2=CCCCC2)c(C)c1. The Bertz CT molecular complexity index is 534. The van der Waals surface area contributed by atoms with Crippen LogP contribution in [0, 0.1) is 13.8 Å². The lowest BCUT2D eigenvalue weighted by Crippen LogP contribution is -2.23. The number of aryl methyl sites for hydroxylation is 2. The number of hydrogen-bond acceptors (Lipinski definition) is 2. The van der Waals surface area contributed by atoms with Gasteiger partial charge in [-0.15, -0.1) is 0 Å². The van der Waals surface area contributed by atoms with E-state index in [1.54, 1.807) is 5.57 Å². The van der Waals surface area contributed by atoms with E-state index in [1.165, 1.54) is 31.2 Å². The van der Waals surface area contributed by atoms with E-state index >= 15 is 0 Å². The van der Waals surface area contributed by atoms with Gasteiger partial charge in [0.25, 0.3) is 0 Å². The molecule has 22 heavy (non-hydrogen) atoms. The van der Waals surface area contributed by atoms with E-state index in [2.05, 4.69) is 29.7 Å². The summed E-state index contributed by atoms with van der Waals surface area (Å²) in [7, 11) is 0. The fourth-order valence-electron chi connectivity index (χ4n) is 2.87. The molecule has 1 aromatic rings. The first kappa shape index (κ1) is 16.8. The fraction of sp³-hybridized carbons (Fsp3) is 0.526. The quantitative estimate of drug-likeness (QED) is 0.587. The molecule has 3 heteroatoms. The molecule has 0 atom stereocenters. The lowest BCUT2D eigenvalue weighted by Gasteiger charge is -2.13.